The van der Waals surface area contributed by atoms with E-state index in [4.69, 9.17) is 5.73 Å². The first-order valence-corrected chi connectivity index (χ1v) is 8.28. The summed E-state index contributed by atoms with van der Waals surface area (Å²) < 4.78 is 0. The molecule has 0 aliphatic rings. The first-order valence-electron chi connectivity index (χ1n) is 8.28. The zero-order valence-electron chi connectivity index (χ0n) is 15.0. The quantitative estimate of drug-likeness (QED) is 0.432. The molecule has 0 aliphatic heterocycles. The Labute approximate surface area is 152 Å². The van der Waals surface area contributed by atoms with Crippen molar-refractivity contribution in [1.82, 2.24) is 20.6 Å². The fourth-order valence-corrected chi connectivity index (χ4v) is 2.42. The molecule has 1 aromatic heterocycles. The molecule has 8 nitrogen and oxygen atoms in total. The number of carbonyl (C=O) groups excluding carboxylic acids is 2. The number of nitrogens with one attached hydrogen (secondary N) is 2. The summed E-state index contributed by atoms with van der Waals surface area (Å²) in [4.78, 5) is 36.3. The van der Waals surface area contributed by atoms with Gasteiger partial charge >= 0.3 is 6.03 Å². The van der Waals surface area contributed by atoms with Gasteiger partial charge in [0.2, 0.25) is 5.96 Å². The van der Waals surface area contributed by atoms with Gasteiger partial charge in [-0.3, -0.25) is 10.1 Å². The number of ketones is 1. The average molecular weight is 354 g/mol. The number of nitrogens with two attached hydrogens (primary N) is 1. The van der Waals surface area contributed by atoms with Crippen LogP contribution in [0.2, 0.25) is 0 Å². The van der Waals surface area contributed by atoms with Crippen LogP contribution in [0.25, 0.3) is 11.1 Å². The largest absolute Gasteiger partial charge is 0.369 e. The highest BCUT2D eigenvalue weighted by atomic mass is 16.2. The molecule has 0 bridgehead atoms. The number of Topliss-reactive ketones (excluding diaryl/α,β-unsaturated/α-hetero) is 1. The highest BCUT2D eigenvalue weighted by Gasteiger charge is 2.15. The Hall–Kier alpha value is -3.29. The van der Waals surface area contributed by atoms with Gasteiger partial charge in [0.15, 0.2) is 5.78 Å². The van der Waals surface area contributed by atoms with E-state index < -0.39 is 6.03 Å². The Morgan fingerprint density at radius 2 is 1.85 bits per heavy atom. The molecule has 26 heavy (non-hydrogen) atoms. The summed E-state index contributed by atoms with van der Waals surface area (Å²) in [6.45, 7) is 5.87. The summed E-state index contributed by atoms with van der Waals surface area (Å²) in [6.07, 6.45) is 5.12. The molecule has 2 aromatic rings. The van der Waals surface area contributed by atoms with E-state index in [1.54, 1.807) is 32.3 Å². The second kappa shape index (κ2) is 8.70. The predicted octanol–water partition coefficient (Wildman–Crippen LogP) is 2.31. The number of guanidine groups is 1. The van der Waals surface area contributed by atoms with Crippen LogP contribution in [0.1, 0.15) is 36.2 Å². The molecule has 4 N–H and O–H groups in total. The van der Waals surface area contributed by atoms with Crippen LogP contribution in [0.4, 0.5) is 10.5 Å². The third kappa shape index (κ3) is 4.62. The molecule has 136 valence electrons. The van der Waals surface area contributed by atoms with Crippen LogP contribution in [0.5, 0.6) is 0 Å². The van der Waals surface area contributed by atoms with Crippen LogP contribution in [-0.2, 0) is 0 Å². The van der Waals surface area contributed by atoms with E-state index in [2.05, 4.69) is 25.6 Å². The first-order chi connectivity index (χ1) is 12.5. The standard InChI is InChI=1S/C18H22N6O2/c1-4-15(25)14-7-12(13-8-20-10-21-9-13)6-11(3)16(14)23-17(19)24-18(26)22-5-2/h6-10H,4-5H2,1-3H3,(H4,19,22,23,24,26). The van der Waals surface area contributed by atoms with Crippen molar-refractivity contribution in [3.8, 4) is 11.1 Å². The molecule has 0 aliphatic carbocycles. The molecule has 0 spiro atoms. The number of carbonyl (C=O) groups is 2. The van der Waals surface area contributed by atoms with Gasteiger partial charge in [-0.2, -0.15) is 0 Å². The van der Waals surface area contributed by atoms with Gasteiger partial charge in [0.1, 0.15) is 6.33 Å². The van der Waals surface area contributed by atoms with Crippen LogP contribution in [0, 0.1) is 6.92 Å². The van der Waals surface area contributed by atoms with Crippen LogP contribution < -0.4 is 16.4 Å². The minimum Gasteiger partial charge on any atom is -0.369 e. The molecular weight excluding hydrogens is 332 g/mol. The number of benzene rings is 1. The number of aryl methyl sites for hydroxylation is 1. The molecule has 2 rings (SSSR count). The van der Waals surface area contributed by atoms with Crippen LogP contribution in [0.3, 0.4) is 0 Å². The van der Waals surface area contributed by atoms with Gasteiger partial charge in [0.25, 0.3) is 0 Å². The predicted molar refractivity (Wildman–Crippen MR) is 100 cm³/mol. The molecular formula is C18H22N6O2. The molecule has 0 atom stereocenters. The smallest absolute Gasteiger partial charge is 0.321 e. The van der Waals surface area contributed by atoms with E-state index >= 15 is 0 Å². The lowest BCUT2D eigenvalue weighted by atomic mass is 9.97. The van der Waals surface area contributed by atoms with E-state index in [0.717, 1.165) is 16.7 Å². The number of aromatic nitrogens is 2. The molecule has 0 fully saturated rings. The highest BCUT2D eigenvalue weighted by molar-refractivity contribution is 6.04. The molecule has 0 saturated heterocycles. The number of aliphatic imine (C=N–C) groups is 1. The maximum absolute atomic E-state index is 12.4. The van der Waals surface area contributed by atoms with Crippen molar-refractivity contribution < 1.29 is 9.59 Å². The summed E-state index contributed by atoms with van der Waals surface area (Å²) in [5.74, 6) is -0.156. The number of urea groups is 1. The summed E-state index contributed by atoms with van der Waals surface area (Å²) in [6, 6.07) is 3.17. The maximum Gasteiger partial charge on any atom is 0.321 e. The van der Waals surface area contributed by atoms with Crippen molar-refractivity contribution in [2.75, 3.05) is 6.54 Å². The van der Waals surface area contributed by atoms with E-state index in [9.17, 15) is 9.59 Å². The normalized spacial score (nSPS) is 11.1. The third-order valence-electron chi connectivity index (χ3n) is 3.63. The minimum atomic E-state index is -0.451. The summed E-state index contributed by atoms with van der Waals surface area (Å²) >= 11 is 0. The first kappa shape index (κ1) is 19.0. The Balaban J connectivity index is 2.48. The number of hydrogen-bond acceptors (Lipinski definition) is 5. The second-order valence-corrected chi connectivity index (χ2v) is 5.57. The lowest BCUT2D eigenvalue weighted by molar-refractivity contribution is 0.0989. The minimum absolute atomic E-state index is 0.0728. The van der Waals surface area contributed by atoms with Gasteiger partial charge in [-0.15, -0.1) is 0 Å². The molecule has 0 radical (unpaired) electrons. The molecule has 0 unspecified atom stereocenters. The zero-order valence-corrected chi connectivity index (χ0v) is 15.0. The number of nitrogens with zero attached hydrogens (tertiary/aromatic N) is 3. The molecule has 0 saturated carbocycles. The molecule has 1 aromatic carbocycles. The lowest BCUT2D eigenvalue weighted by Crippen LogP contribution is -2.43. The van der Waals surface area contributed by atoms with Gasteiger partial charge < -0.3 is 11.1 Å². The van der Waals surface area contributed by atoms with Gasteiger partial charge in [0, 0.05) is 36.5 Å². The maximum atomic E-state index is 12.4. The monoisotopic (exact) mass is 354 g/mol. The second-order valence-electron chi connectivity index (χ2n) is 5.57. The van der Waals surface area contributed by atoms with Crippen molar-refractivity contribution in [3.05, 3.63) is 42.0 Å². The highest BCUT2D eigenvalue weighted by Crippen LogP contribution is 2.31. The number of amides is 2. The van der Waals surface area contributed by atoms with Gasteiger partial charge in [0.05, 0.1) is 5.69 Å². The lowest BCUT2D eigenvalue weighted by Gasteiger charge is -2.12. The fraction of sp³-hybridized carbons (Fsp3) is 0.278. The van der Waals surface area contributed by atoms with E-state index in [-0.39, 0.29) is 11.7 Å². The molecule has 1 heterocycles. The molecule has 2 amide bonds. The fourth-order valence-electron chi connectivity index (χ4n) is 2.42. The van der Waals surface area contributed by atoms with Crippen molar-refractivity contribution in [2.24, 2.45) is 10.7 Å². The SMILES string of the molecule is CCNC(=O)NC(N)=Nc1c(C)cc(-c2cncnc2)cc1C(=O)CC. The Kier molecular flexibility index (Phi) is 6.37. The van der Waals surface area contributed by atoms with Crippen LogP contribution >= 0.6 is 0 Å². The summed E-state index contributed by atoms with van der Waals surface area (Å²) in [7, 11) is 0. The van der Waals surface area contributed by atoms with E-state index in [0.29, 0.717) is 24.2 Å². The summed E-state index contributed by atoms with van der Waals surface area (Å²) in [5.41, 5.74) is 9.05. The van der Waals surface area contributed by atoms with Crippen molar-refractivity contribution in [2.45, 2.75) is 27.2 Å². The number of hydrogen-bond donors (Lipinski definition) is 3. The van der Waals surface area contributed by atoms with Crippen molar-refractivity contribution in [3.63, 3.8) is 0 Å². The van der Waals surface area contributed by atoms with Crippen molar-refractivity contribution in [1.29, 1.82) is 0 Å². The zero-order chi connectivity index (χ0) is 19.1. The van der Waals surface area contributed by atoms with Gasteiger partial charge in [-0.25, -0.2) is 19.8 Å². The van der Waals surface area contributed by atoms with E-state index in [1.807, 2.05) is 13.0 Å². The van der Waals surface area contributed by atoms with Gasteiger partial charge in [-0.1, -0.05) is 6.92 Å². The topological polar surface area (TPSA) is 122 Å². The van der Waals surface area contributed by atoms with Crippen LogP contribution in [0.15, 0.2) is 35.8 Å². The summed E-state index contributed by atoms with van der Waals surface area (Å²) in [5, 5.41) is 5.00. The van der Waals surface area contributed by atoms with E-state index in [1.165, 1.54) is 6.33 Å². The van der Waals surface area contributed by atoms with Gasteiger partial charge in [-0.05, 0) is 37.1 Å². The average Bonchev–Trinajstić information content (AvgIpc) is 2.63. The van der Waals surface area contributed by atoms with Crippen LogP contribution in [-0.4, -0.2) is 34.3 Å². The Bertz CT molecular complexity index is 833. The Morgan fingerprint density at radius 1 is 1.15 bits per heavy atom. The third-order valence-corrected chi connectivity index (χ3v) is 3.63. The van der Waals surface area contributed by atoms with Crippen molar-refractivity contribution >= 4 is 23.5 Å². The molecule has 8 heteroatoms. The number of rotatable bonds is 5. The Morgan fingerprint density at radius 3 is 2.46 bits per heavy atom.